The van der Waals surface area contributed by atoms with Gasteiger partial charge in [-0.2, -0.15) is 0 Å². The highest BCUT2D eigenvalue weighted by Crippen LogP contribution is 2.32. The Morgan fingerprint density at radius 3 is 2.36 bits per heavy atom. The van der Waals surface area contributed by atoms with Crippen LogP contribution in [0.15, 0.2) is 0 Å². The van der Waals surface area contributed by atoms with Crippen LogP contribution >= 0.6 is 12.3 Å². The normalized spacial score (nSPS) is 27.8. The van der Waals surface area contributed by atoms with E-state index < -0.39 is 0 Å². The lowest BCUT2D eigenvalue weighted by Gasteiger charge is -2.35. The third kappa shape index (κ3) is 1.54. The highest BCUT2D eigenvalue weighted by molar-refractivity contribution is 7.90. The summed E-state index contributed by atoms with van der Waals surface area (Å²) in [6, 6.07) is 0.681. The van der Waals surface area contributed by atoms with Crippen molar-refractivity contribution in [1.29, 1.82) is 0 Å². The summed E-state index contributed by atoms with van der Waals surface area (Å²) in [5.74, 6) is 0. The summed E-state index contributed by atoms with van der Waals surface area (Å²) in [6.07, 6.45) is 5.22. The molecule has 0 aromatic heterocycles. The molecule has 0 N–H and O–H groups in total. The molecule has 0 aromatic rings. The minimum Gasteiger partial charge on any atom is -0.253 e. The molecule has 64 valence electrons. The summed E-state index contributed by atoms with van der Waals surface area (Å²) in [7, 11) is 2.07. The molecule has 0 atom stereocenters. The fourth-order valence-electron chi connectivity index (χ4n) is 1.69. The molecule has 1 aliphatic heterocycles. The lowest BCUT2D eigenvalue weighted by atomic mass is 10.2. The van der Waals surface area contributed by atoms with Crippen LogP contribution in [0.25, 0.3) is 0 Å². The molecule has 1 heterocycles. The second kappa shape index (κ2) is 3.31. The molecule has 2 fully saturated rings. The molecule has 0 bridgehead atoms. The molecule has 1 aliphatic carbocycles. The topological polar surface area (TPSA) is 21.7 Å². The zero-order valence-electron chi connectivity index (χ0n) is 6.66. The van der Waals surface area contributed by atoms with Gasteiger partial charge in [0.25, 0.3) is 0 Å². The lowest BCUT2D eigenvalue weighted by molar-refractivity contribution is -0.157. The molecular formula is C7H13NO2S. The predicted octanol–water partition coefficient (Wildman–Crippen LogP) is 1.75. The van der Waals surface area contributed by atoms with Gasteiger partial charge >= 0.3 is 0 Å². The van der Waals surface area contributed by atoms with E-state index >= 15 is 0 Å². The molecule has 0 radical (unpaired) electrons. The van der Waals surface area contributed by atoms with Gasteiger partial charge in [-0.3, -0.25) is 4.90 Å². The molecule has 11 heavy (non-hydrogen) atoms. The van der Waals surface area contributed by atoms with E-state index in [4.69, 9.17) is 8.37 Å². The summed E-state index contributed by atoms with van der Waals surface area (Å²) in [5.41, 5.74) is 0. The van der Waals surface area contributed by atoms with Crippen LogP contribution in [-0.2, 0) is 8.37 Å². The average molecular weight is 175 g/mol. The van der Waals surface area contributed by atoms with E-state index in [1.807, 2.05) is 0 Å². The van der Waals surface area contributed by atoms with Crippen LogP contribution in [0.2, 0.25) is 0 Å². The Labute approximate surface area is 71.4 Å². The summed E-state index contributed by atoms with van der Waals surface area (Å²) >= 11 is 1.09. The quantitative estimate of drug-likeness (QED) is 0.596. The monoisotopic (exact) mass is 175 g/mol. The highest BCUT2D eigenvalue weighted by Gasteiger charge is 2.32. The van der Waals surface area contributed by atoms with Crippen LogP contribution < -0.4 is 0 Å². The lowest BCUT2D eigenvalue weighted by Crippen LogP contribution is -2.44. The van der Waals surface area contributed by atoms with Gasteiger partial charge in [0.15, 0.2) is 12.3 Å². The van der Waals surface area contributed by atoms with Crippen molar-refractivity contribution in [2.24, 2.45) is 0 Å². The number of nitrogens with zero attached hydrogens (tertiary/aromatic N) is 1. The van der Waals surface area contributed by atoms with Gasteiger partial charge in [0.05, 0.1) is 0 Å². The third-order valence-corrected chi connectivity index (χ3v) is 2.96. The van der Waals surface area contributed by atoms with Crippen LogP contribution in [0.4, 0.5) is 0 Å². The number of hydrogen-bond acceptors (Lipinski definition) is 4. The molecule has 0 spiro atoms. The van der Waals surface area contributed by atoms with Gasteiger partial charge in [-0.15, -0.1) is 0 Å². The summed E-state index contributed by atoms with van der Waals surface area (Å²) in [5, 5.41) is 0. The second-order valence-electron chi connectivity index (χ2n) is 3.17. The average Bonchev–Trinajstić information content (AvgIpc) is 2.32. The third-order valence-electron chi connectivity index (χ3n) is 2.48. The van der Waals surface area contributed by atoms with Gasteiger partial charge in [0.1, 0.15) is 0 Å². The van der Waals surface area contributed by atoms with Crippen molar-refractivity contribution in [2.45, 2.75) is 38.1 Å². The molecule has 0 unspecified atom stereocenters. The van der Waals surface area contributed by atoms with E-state index in [9.17, 15) is 0 Å². The van der Waals surface area contributed by atoms with Gasteiger partial charge in [0, 0.05) is 6.04 Å². The predicted molar refractivity (Wildman–Crippen MR) is 43.6 cm³/mol. The fraction of sp³-hybridized carbons (Fsp3) is 1.00. The maximum absolute atomic E-state index is 5.13. The molecule has 3 nitrogen and oxygen atoms in total. The maximum atomic E-state index is 5.13. The fourth-order valence-corrected chi connectivity index (χ4v) is 2.11. The van der Waals surface area contributed by atoms with Gasteiger partial charge in [-0.25, -0.2) is 8.37 Å². The largest absolute Gasteiger partial charge is 0.253 e. The van der Waals surface area contributed by atoms with Crippen LogP contribution in [0.1, 0.15) is 25.7 Å². The van der Waals surface area contributed by atoms with E-state index in [0.29, 0.717) is 6.04 Å². The zero-order chi connectivity index (χ0) is 7.68. The first kappa shape index (κ1) is 7.86. The molecule has 0 amide bonds. The van der Waals surface area contributed by atoms with Crippen molar-refractivity contribution < 1.29 is 8.37 Å². The molecule has 1 saturated carbocycles. The van der Waals surface area contributed by atoms with Crippen molar-refractivity contribution in [3.05, 3.63) is 0 Å². The van der Waals surface area contributed by atoms with Crippen molar-refractivity contribution >= 4 is 12.3 Å². The zero-order valence-corrected chi connectivity index (χ0v) is 7.47. The Balaban J connectivity index is 1.82. The van der Waals surface area contributed by atoms with Gasteiger partial charge in [0.2, 0.25) is 6.41 Å². The molecular weight excluding hydrogens is 162 g/mol. The smallest absolute Gasteiger partial charge is 0.247 e. The molecule has 1 saturated heterocycles. The molecule has 2 aliphatic rings. The van der Waals surface area contributed by atoms with E-state index in [1.54, 1.807) is 0 Å². The highest BCUT2D eigenvalue weighted by atomic mass is 32.2. The number of hydrogen-bond donors (Lipinski definition) is 0. The van der Waals surface area contributed by atoms with E-state index in [0.717, 1.165) is 12.3 Å². The Bertz CT molecular complexity index is 134. The summed E-state index contributed by atoms with van der Waals surface area (Å²) < 4.78 is 10.3. The standard InChI is InChI=1S/C7H13NO2S/c1-8(7-9-11-10-7)6-4-2-3-5-6/h6-7H,2-5H2,1H3. The number of rotatable bonds is 2. The van der Waals surface area contributed by atoms with Crippen LogP contribution in [0, 0.1) is 0 Å². The van der Waals surface area contributed by atoms with E-state index in [-0.39, 0.29) is 6.41 Å². The van der Waals surface area contributed by atoms with Crippen molar-refractivity contribution in [3.8, 4) is 0 Å². The van der Waals surface area contributed by atoms with Crippen LogP contribution in [0.3, 0.4) is 0 Å². The summed E-state index contributed by atoms with van der Waals surface area (Å²) in [4.78, 5) is 2.18. The minimum atomic E-state index is -0.0805. The van der Waals surface area contributed by atoms with Crippen molar-refractivity contribution in [1.82, 2.24) is 4.90 Å². The van der Waals surface area contributed by atoms with Crippen molar-refractivity contribution in [2.75, 3.05) is 7.05 Å². The maximum Gasteiger partial charge on any atom is 0.247 e. The second-order valence-corrected chi connectivity index (χ2v) is 3.69. The molecule has 2 rings (SSSR count). The minimum absolute atomic E-state index is 0.0805. The Morgan fingerprint density at radius 2 is 1.91 bits per heavy atom. The van der Waals surface area contributed by atoms with Gasteiger partial charge < -0.3 is 0 Å². The first-order chi connectivity index (χ1) is 5.38. The first-order valence-electron chi connectivity index (χ1n) is 4.08. The summed E-state index contributed by atoms with van der Waals surface area (Å²) in [6.45, 7) is 0. The van der Waals surface area contributed by atoms with E-state index in [1.165, 1.54) is 25.7 Å². The van der Waals surface area contributed by atoms with Gasteiger partial charge in [-0.05, 0) is 19.9 Å². The van der Waals surface area contributed by atoms with Crippen LogP contribution in [0.5, 0.6) is 0 Å². The van der Waals surface area contributed by atoms with Gasteiger partial charge in [-0.1, -0.05) is 12.8 Å². The molecule has 0 aromatic carbocycles. The SMILES string of the molecule is CN(C1CCCC1)C1OSO1. The van der Waals surface area contributed by atoms with Crippen LogP contribution in [-0.4, -0.2) is 24.4 Å². The Hall–Kier alpha value is 0.230. The first-order valence-corrected chi connectivity index (χ1v) is 4.75. The Kier molecular flexibility index (Phi) is 2.36. The Morgan fingerprint density at radius 1 is 1.27 bits per heavy atom. The van der Waals surface area contributed by atoms with Crippen molar-refractivity contribution in [3.63, 3.8) is 0 Å². The van der Waals surface area contributed by atoms with E-state index in [2.05, 4.69) is 11.9 Å². The molecule has 4 heteroatoms.